The molecule has 2 N–H and O–H groups in total. The van der Waals surface area contributed by atoms with E-state index < -0.39 is 5.97 Å². The molecule has 172 valence electrons. The Hall–Kier alpha value is -3.13. The fourth-order valence-electron chi connectivity index (χ4n) is 4.94. The third kappa shape index (κ3) is 3.82. The largest absolute Gasteiger partial charge is 0.476 e. The summed E-state index contributed by atoms with van der Waals surface area (Å²) in [6.45, 7) is 8.27. The highest BCUT2D eigenvalue weighted by atomic mass is 35.5. The van der Waals surface area contributed by atoms with Crippen LogP contribution in [-0.2, 0) is 6.54 Å². The van der Waals surface area contributed by atoms with Gasteiger partial charge in [0.25, 0.3) is 5.56 Å². The minimum Gasteiger partial charge on any atom is -0.476 e. The monoisotopic (exact) mass is 467 g/mol. The number of carbonyl (C=O) groups is 1. The number of hydrogen-bond acceptors (Lipinski definition) is 6. The molecule has 5 rings (SSSR count). The zero-order chi connectivity index (χ0) is 23.4. The molecule has 2 aromatic heterocycles. The lowest BCUT2D eigenvalue weighted by atomic mass is 10.0. The standard InChI is InChI=1S/C24H26ClN5O3/c1-4-30-22(31)17-8-12(2)7-16(20(17)28-24(30)29-10-14-9-15(14)11-29)13(3)26-18-5-6-19(25)27-21(18)23(32)33/h5-8,13-15,26H,4,9-11H2,1-3H3,(H,32,33). The second-order valence-corrected chi connectivity index (χ2v) is 9.46. The number of anilines is 2. The van der Waals surface area contributed by atoms with Gasteiger partial charge in [-0.05, 0) is 62.8 Å². The molecular weight excluding hydrogens is 442 g/mol. The predicted octanol–water partition coefficient (Wildman–Crippen LogP) is 4.10. The zero-order valence-electron chi connectivity index (χ0n) is 18.8. The third-order valence-corrected chi connectivity index (χ3v) is 6.90. The zero-order valence-corrected chi connectivity index (χ0v) is 19.6. The van der Waals surface area contributed by atoms with Gasteiger partial charge in [0.05, 0.1) is 22.6 Å². The Bertz CT molecular complexity index is 1330. The molecule has 3 heterocycles. The summed E-state index contributed by atoms with van der Waals surface area (Å²) in [4.78, 5) is 36.3. The van der Waals surface area contributed by atoms with Crippen LogP contribution in [0.3, 0.4) is 0 Å². The normalized spacial score (nSPS) is 20.1. The molecular formula is C24H26ClN5O3. The lowest BCUT2D eigenvalue weighted by Crippen LogP contribution is -2.32. The fraction of sp³-hybridized carbons (Fsp3) is 0.417. The highest BCUT2D eigenvalue weighted by Gasteiger charge is 2.46. The second-order valence-electron chi connectivity index (χ2n) is 9.07. The summed E-state index contributed by atoms with van der Waals surface area (Å²) in [6, 6.07) is 6.71. The van der Waals surface area contributed by atoms with Gasteiger partial charge in [0, 0.05) is 25.2 Å². The topological polar surface area (TPSA) is 100 Å². The van der Waals surface area contributed by atoms with Crippen LogP contribution in [0.25, 0.3) is 10.9 Å². The number of benzene rings is 1. The highest BCUT2D eigenvalue weighted by molar-refractivity contribution is 6.29. The Balaban J connectivity index is 1.61. The van der Waals surface area contributed by atoms with E-state index in [9.17, 15) is 14.7 Å². The molecule has 9 heteroatoms. The van der Waals surface area contributed by atoms with Crippen molar-refractivity contribution in [3.63, 3.8) is 0 Å². The van der Waals surface area contributed by atoms with Gasteiger partial charge in [0.1, 0.15) is 5.15 Å². The Kier molecular flexibility index (Phi) is 5.28. The number of pyridine rings is 1. The van der Waals surface area contributed by atoms with Crippen LogP contribution < -0.4 is 15.8 Å². The summed E-state index contributed by atoms with van der Waals surface area (Å²) in [7, 11) is 0. The molecule has 8 nitrogen and oxygen atoms in total. The number of rotatable bonds is 6. The highest BCUT2D eigenvalue weighted by Crippen LogP contribution is 2.46. The number of halogens is 1. The number of nitrogens with zero attached hydrogens (tertiary/aromatic N) is 4. The first-order valence-electron chi connectivity index (χ1n) is 11.2. The van der Waals surface area contributed by atoms with Gasteiger partial charge >= 0.3 is 5.97 Å². The van der Waals surface area contributed by atoms with Gasteiger partial charge in [-0.3, -0.25) is 9.36 Å². The molecule has 1 aliphatic heterocycles. The van der Waals surface area contributed by atoms with Crippen molar-refractivity contribution in [1.82, 2.24) is 14.5 Å². The molecule has 1 aliphatic carbocycles. The van der Waals surface area contributed by atoms with Crippen LogP contribution >= 0.6 is 11.6 Å². The van der Waals surface area contributed by atoms with Crippen molar-refractivity contribution in [2.75, 3.05) is 23.3 Å². The quantitative estimate of drug-likeness (QED) is 0.526. The lowest BCUT2D eigenvalue weighted by Gasteiger charge is -2.25. The van der Waals surface area contributed by atoms with Crippen LogP contribution in [0.15, 0.2) is 29.1 Å². The Labute approximate surface area is 196 Å². The molecule has 0 bridgehead atoms. The second kappa shape index (κ2) is 8.02. The third-order valence-electron chi connectivity index (χ3n) is 6.69. The van der Waals surface area contributed by atoms with Crippen LogP contribution in [-0.4, -0.2) is 38.7 Å². The molecule has 33 heavy (non-hydrogen) atoms. The number of hydrogen-bond donors (Lipinski definition) is 2. The fourth-order valence-corrected chi connectivity index (χ4v) is 5.08. The summed E-state index contributed by atoms with van der Waals surface area (Å²) in [5.74, 6) is 0.986. The van der Waals surface area contributed by atoms with Crippen LogP contribution in [0.2, 0.25) is 5.15 Å². The smallest absolute Gasteiger partial charge is 0.356 e. The first kappa shape index (κ1) is 21.7. The van der Waals surface area contributed by atoms with Crippen LogP contribution in [0, 0.1) is 18.8 Å². The maximum absolute atomic E-state index is 13.5. The van der Waals surface area contributed by atoms with Crippen molar-refractivity contribution in [2.24, 2.45) is 11.8 Å². The number of aromatic carboxylic acids is 1. The maximum Gasteiger partial charge on any atom is 0.356 e. The molecule has 3 aromatic rings. The molecule has 1 saturated heterocycles. The van der Waals surface area contributed by atoms with Crippen LogP contribution in [0.4, 0.5) is 11.6 Å². The van der Waals surface area contributed by atoms with E-state index in [0.29, 0.717) is 35.0 Å². The van der Waals surface area contributed by atoms with E-state index in [1.807, 2.05) is 32.9 Å². The molecule has 1 saturated carbocycles. The van der Waals surface area contributed by atoms with Gasteiger partial charge in [0.15, 0.2) is 5.69 Å². The summed E-state index contributed by atoms with van der Waals surface area (Å²) in [5.41, 5.74) is 2.58. The summed E-state index contributed by atoms with van der Waals surface area (Å²) in [5, 5.41) is 13.5. The molecule has 0 spiro atoms. The van der Waals surface area contributed by atoms with E-state index in [1.165, 1.54) is 6.42 Å². The number of aryl methyl sites for hydroxylation is 1. The minimum absolute atomic E-state index is 0.0467. The number of aromatic nitrogens is 3. The van der Waals surface area contributed by atoms with Crippen molar-refractivity contribution in [1.29, 1.82) is 0 Å². The Morgan fingerprint density at radius 1 is 1.27 bits per heavy atom. The van der Waals surface area contributed by atoms with Crippen molar-refractivity contribution >= 4 is 40.1 Å². The number of piperidine rings is 1. The minimum atomic E-state index is -1.17. The molecule has 0 amide bonds. The molecule has 3 atom stereocenters. The van der Waals surface area contributed by atoms with Crippen molar-refractivity contribution in [3.8, 4) is 0 Å². The van der Waals surface area contributed by atoms with Crippen molar-refractivity contribution in [3.05, 3.63) is 56.6 Å². The maximum atomic E-state index is 13.5. The van der Waals surface area contributed by atoms with E-state index in [2.05, 4.69) is 15.2 Å². The molecule has 0 radical (unpaired) electrons. The molecule has 2 fully saturated rings. The number of carboxylic acid groups (broad SMARTS) is 1. The van der Waals surface area contributed by atoms with E-state index in [-0.39, 0.29) is 22.4 Å². The summed E-state index contributed by atoms with van der Waals surface area (Å²) >= 11 is 5.90. The molecule has 3 unspecified atom stereocenters. The summed E-state index contributed by atoms with van der Waals surface area (Å²) < 4.78 is 1.76. The average Bonchev–Trinajstić information content (AvgIpc) is 3.39. The van der Waals surface area contributed by atoms with Gasteiger partial charge in [-0.15, -0.1) is 0 Å². The number of fused-ring (bicyclic) bond motifs is 2. The molecule has 1 aromatic carbocycles. The number of carboxylic acids is 1. The van der Waals surface area contributed by atoms with Crippen LogP contribution in [0.5, 0.6) is 0 Å². The predicted molar refractivity (Wildman–Crippen MR) is 128 cm³/mol. The van der Waals surface area contributed by atoms with Crippen LogP contribution in [0.1, 0.15) is 47.9 Å². The van der Waals surface area contributed by atoms with Gasteiger partial charge in [-0.2, -0.15) is 0 Å². The number of nitrogens with one attached hydrogen (secondary N) is 1. The Morgan fingerprint density at radius 3 is 2.67 bits per heavy atom. The van der Waals surface area contributed by atoms with Crippen molar-refractivity contribution in [2.45, 2.75) is 39.8 Å². The average molecular weight is 468 g/mol. The first-order chi connectivity index (χ1) is 15.8. The van der Waals surface area contributed by atoms with E-state index in [4.69, 9.17) is 16.6 Å². The van der Waals surface area contributed by atoms with E-state index >= 15 is 0 Å². The Morgan fingerprint density at radius 2 is 2.00 bits per heavy atom. The van der Waals surface area contributed by atoms with Crippen molar-refractivity contribution < 1.29 is 9.90 Å². The van der Waals surface area contributed by atoms with E-state index in [1.54, 1.807) is 16.7 Å². The first-order valence-corrected chi connectivity index (χ1v) is 11.6. The van der Waals surface area contributed by atoms with Gasteiger partial charge in [-0.1, -0.05) is 17.7 Å². The van der Waals surface area contributed by atoms with Gasteiger partial charge in [-0.25, -0.2) is 14.8 Å². The SMILES string of the molecule is CCn1c(N2CC3CC3C2)nc2c(C(C)Nc3ccc(Cl)nc3C(=O)O)cc(C)cc2c1=O. The molecule has 2 aliphatic rings. The van der Waals surface area contributed by atoms with E-state index in [0.717, 1.165) is 30.2 Å². The lowest BCUT2D eigenvalue weighted by molar-refractivity contribution is 0.0691. The summed E-state index contributed by atoms with van der Waals surface area (Å²) in [6.07, 6.45) is 1.27. The van der Waals surface area contributed by atoms with Gasteiger partial charge < -0.3 is 15.3 Å². The van der Waals surface area contributed by atoms with Gasteiger partial charge in [0.2, 0.25) is 5.95 Å².